The predicted molar refractivity (Wildman–Crippen MR) is 89.2 cm³/mol. The van der Waals surface area contributed by atoms with Crippen LogP contribution in [0.5, 0.6) is 0 Å². The molecule has 1 unspecified atom stereocenters. The molecule has 5 nitrogen and oxygen atoms in total. The van der Waals surface area contributed by atoms with Gasteiger partial charge in [0.1, 0.15) is 5.92 Å². The molecule has 0 aromatic heterocycles. The Bertz CT molecular complexity index is 698. The summed E-state index contributed by atoms with van der Waals surface area (Å²) < 4.78 is 4.68. The van der Waals surface area contributed by atoms with Crippen LogP contribution in [0, 0.1) is 5.92 Å². The minimum Gasteiger partial charge on any atom is -0.468 e. The number of ether oxygens (including phenoxy) is 1. The van der Waals surface area contributed by atoms with Gasteiger partial charge in [0.2, 0.25) is 5.91 Å². The van der Waals surface area contributed by atoms with Crippen molar-refractivity contribution in [2.24, 2.45) is 5.92 Å². The lowest BCUT2D eigenvalue weighted by molar-refractivity contribution is -0.145. The van der Waals surface area contributed by atoms with Gasteiger partial charge >= 0.3 is 5.97 Å². The zero-order valence-corrected chi connectivity index (χ0v) is 13.4. The highest BCUT2D eigenvalue weighted by Gasteiger charge is 2.30. The maximum atomic E-state index is 12.5. The van der Waals surface area contributed by atoms with Gasteiger partial charge in [-0.15, -0.1) is 0 Å². The average molecular weight is 325 g/mol. The molecule has 1 N–H and O–H groups in total. The second-order valence-corrected chi connectivity index (χ2v) is 5.27. The highest BCUT2D eigenvalue weighted by Crippen LogP contribution is 2.14. The van der Waals surface area contributed by atoms with Crippen LogP contribution in [-0.2, 0) is 20.9 Å². The Labute approximate surface area is 140 Å². The number of Topliss-reactive ketones (excluding diaryl/α,β-unsaturated/α-hetero) is 1. The molecule has 0 saturated carbocycles. The zero-order chi connectivity index (χ0) is 17.4. The van der Waals surface area contributed by atoms with Gasteiger partial charge in [-0.1, -0.05) is 60.7 Å². The average Bonchev–Trinajstić information content (AvgIpc) is 2.65. The van der Waals surface area contributed by atoms with Gasteiger partial charge in [0.05, 0.1) is 7.11 Å². The molecular weight excluding hydrogens is 306 g/mol. The number of hydrogen-bond acceptors (Lipinski definition) is 4. The van der Waals surface area contributed by atoms with E-state index >= 15 is 0 Å². The summed E-state index contributed by atoms with van der Waals surface area (Å²) in [6.45, 7) is 0.340. The van der Waals surface area contributed by atoms with Crippen LogP contribution in [0.4, 0.5) is 0 Å². The zero-order valence-electron chi connectivity index (χ0n) is 13.4. The molecule has 0 spiro atoms. The third kappa shape index (κ3) is 4.78. The molecule has 2 aromatic rings. The maximum Gasteiger partial charge on any atom is 0.317 e. The van der Waals surface area contributed by atoms with Crippen LogP contribution in [0.25, 0.3) is 0 Å². The molecule has 0 aliphatic heterocycles. The second-order valence-electron chi connectivity index (χ2n) is 5.27. The third-order valence-electron chi connectivity index (χ3n) is 3.58. The van der Waals surface area contributed by atoms with E-state index in [1.54, 1.807) is 30.3 Å². The molecule has 0 heterocycles. The molecule has 2 aromatic carbocycles. The van der Waals surface area contributed by atoms with Gasteiger partial charge in [-0.05, 0) is 5.56 Å². The van der Waals surface area contributed by atoms with Crippen LogP contribution in [0.1, 0.15) is 22.3 Å². The molecule has 0 aliphatic carbocycles. The maximum absolute atomic E-state index is 12.5. The van der Waals surface area contributed by atoms with E-state index in [2.05, 4.69) is 10.1 Å². The lowest BCUT2D eigenvalue weighted by Gasteiger charge is -2.14. The van der Waals surface area contributed by atoms with Gasteiger partial charge in [0, 0.05) is 18.5 Å². The number of esters is 1. The van der Waals surface area contributed by atoms with Crippen molar-refractivity contribution in [2.75, 3.05) is 7.11 Å². The highest BCUT2D eigenvalue weighted by atomic mass is 16.5. The van der Waals surface area contributed by atoms with Crippen molar-refractivity contribution in [3.63, 3.8) is 0 Å². The van der Waals surface area contributed by atoms with E-state index in [4.69, 9.17) is 0 Å². The van der Waals surface area contributed by atoms with Crippen molar-refractivity contribution < 1.29 is 19.1 Å². The van der Waals surface area contributed by atoms with Gasteiger partial charge in [0.25, 0.3) is 0 Å². The molecule has 0 saturated heterocycles. The van der Waals surface area contributed by atoms with Crippen LogP contribution < -0.4 is 5.32 Å². The van der Waals surface area contributed by atoms with Crippen molar-refractivity contribution in [3.8, 4) is 0 Å². The van der Waals surface area contributed by atoms with Gasteiger partial charge in [-0.25, -0.2) is 0 Å². The fraction of sp³-hybridized carbons (Fsp3) is 0.211. The number of rotatable bonds is 7. The molecule has 5 heteroatoms. The molecule has 1 amide bonds. The highest BCUT2D eigenvalue weighted by molar-refractivity contribution is 6.10. The Kier molecular flexibility index (Phi) is 6.25. The number of hydrogen-bond donors (Lipinski definition) is 1. The first kappa shape index (κ1) is 17.4. The molecular formula is C19H19NO4. The fourth-order valence-corrected chi connectivity index (χ4v) is 2.28. The minimum atomic E-state index is -1.15. The van der Waals surface area contributed by atoms with Gasteiger partial charge in [-0.2, -0.15) is 0 Å². The topological polar surface area (TPSA) is 72.5 Å². The first-order chi connectivity index (χ1) is 11.6. The normalized spacial score (nSPS) is 11.4. The number of carbonyl (C=O) groups is 3. The van der Waals surface area contributed by atoms with E-state index in [0.717, 1.165) is 5.56 Å². The molecule has 0 fully saturated rings. The summed E-state index contributed by atoms with van der Waals surface area (Å²) >= 11 is 0. The first-order valence-corrected chi connectivity index (χ1v) is 7.59. The number of methoxy groups -OCH3 is 1. The van der Waals surface area contributed by atoms with Crippen LogP contribution in [0.3, 0.4) is 0 Å². The Morgan fingerprint density at radius 2 is 1.54 bits per heavy atom. The van der Waals surface area contributed by atoms with Crippen molar-refractivity contribution >= 4 is 17.7 Å². The van der Waals surface area contributed by atoms with E-state index in [-0.39, 0.29) is 12.3 Å². The van der Waals surface area contributed by atoms with Crippen molar-refractivity contribution in [3.05, 3.63) is 71.8 Å². The third-order valence-corrected chi connectivity index (χ3v) is 3.58. The number of nitrogens with one attached hydrogen (secondary N) is 1. The van der Waals surface area contributed by atoms with Crippen molar-refractivity contribution in [1.82, 2.24) is 5.32 Å². The Hall–Kier alpha value is -2.95. The van der Waals surface area contributed by atoms with Crippen LogP contribution in [0.2, 0.25) is 0 Å². The second kappa shape index (κ2) is 8.62. The molecule has 0 aliphatic rings. The van der Waals surface area contributed by atoms with Crippen molar-refractivity contribution in [2.45, 2.75) is 13.0 Å². The summed E-state index contributed by atoms with van der Waals surface area (Å²) in [4.78, 5) is 36.5. The van der Waals surface area contributed by atoms with Crippen molar-refractivity contribution in [1.29, 1.82) is 0 Å². The number of amides is 1. The SMILES string of the molecule is COC(=O)C(CC(=O)NCc1ccccc1)C(=O)c1ccccc1. The standard InChI is InChI=1S/C19H19NO4/c1-24-19(23)16(18(22)15-10-6-3-7-11-15)12-17(21)20-13-14-8-4-2-5-9-14/h2-11,16H,12-13H2,1H3,(H,20,21). The molecule has 0 bridgehead atoms. The number of benzene rings is 2. The Balaban J connectivity index is 2.02. The molecule has 24 heavy (non-hydrogen) atoms. The van der Waals surface area contributed by atoms with E-state index in [9.17, 15) is 14.4 Å². The summed E-state index contributed by atoms with van der Waals surface area (Å²) in [6.07, 6.45) is -0.243. The van der Waals surface area contributed by atoms with Crippen LogP contribution in [-0.4, -0.2) is 24.8 Å². The van der Waals surface area contributed by atoms with Gasteiger partial charge in [-0.3, -0.25) is 14.4 Å². The summed E-state index contributed by atoms with van der Waals surface area (Å²) in [5, 5.41) is 2.72. The van der Waals surface area contributed by atoms with Gasteiger partial charge < -0.3 is 10.1 Å². The van der Waals surface area contributed by atoms with E-state index < -0.39 is 17.7 Å². The summed E-state index contributed by atoms with van der Waals surface area (Å²) in [5.41, 5.74) is 1.32. The van der Waals surface area contributed by atoms with Crippen LogP contribution in [0.15, 0.2) is 60.7 Å². The lowest BCUT2D eigenvalue weighted by atomic mass is 9.94. The lowest BCUT2D eigenvalue weighted by Crippen LogP contribution is -2.33. The summed E-state index contributed by atoms with van der Waals surface area (Å²) in [7, 11) is 1.20. The first-order valence-electron chi connectivity index (χ1n) is 7.59. The Morgan fingerprint density at radius 3 is 2.12 bits per heavy atom. The van der Waals surface area contributed by atoms with Gasteiger partial charge in [0.15, 0.2) is 5.78 Å². The number of ketones is 1. The molecule has 2 rings (SSSR count). The quantitative estimate of drug-likeness (QED) is 0.482. The minimum absolute atomic E-state index is 0.243. The number of carbonyl (C=O) groups excluding carboxylic acids is 3. The summed E-state index contributed by atoms with van der Waals surface area (Å²) in [5.74, 6) is -2.65. The molecule has 124 valence electrons. The molecule has 0 radical (unpaired) electrons. The van der Waals surface area contributed by atoms with Crippen LogP contribution >= 0.6 is 0 Å². The smallest absolute Gasteiger partial charge is 0.317 e. The largest absolute Gasteiger partial charge is 0.468 e. The van der Waals surface area contributed by atoms with E-state index in [0.29, 0.717) is 12.1 Å². The molecule has 1 atom stereocenters. The Morgan fingerprint density at radius 1 is 0.958 bits per heavy atom. The summed E-state index contributed by atoms with van der Waals surface area (Å²) in [6, 6.07) is 17.8. The van der Waals surface area contributed by atoms with E-state index in [1.807, 2.05) is 30.3 Å². The fourth-order valence-electron chi connectivity index (χ4n) is 2.28. The van der Waals surface area contributed by atoms with E-state index in [1.165, 1.54) is 7.11 Å². The predicted octanol–water partition coefficient (Wildman–Crippen LogP) is 2.37. The monoisotopic (exact) mass is 325 g/mol.